The first kappa shape index (κ1) is 15.1. The maximum absolute atomic E-state index is 6.08. The number of hydrogen-bond donors (Lipinski definition) is 0. The van der Waals surface area contributed by atoms with Gasteiger partial charge in [-0.25, -0.2) is 0 Å². The van der Waals surface area contributed by atoms with Crippen LogP contribution in [0.5, 0.6) is 5.75 Å². The number of benzene rings is 1. The van der Waals surface area contributed by atoms with E-state index in [-0.39, 0.29) is 0 Å². The fourth-order valence-electron chi connectivity index (χ4n) is 2.77. The summed E-state index contributed by atoms with van der Waals surface area (Å²) in [5, 5.41) is 0. The van der Waals surface area contributed by atoms with Crippen molar-refractivity contribution in [2.75, 3.05) is 26.7 Å². The van der Waals surface area contributed by atoms with E-state index in [1.54, 1.807) is 0 Å². The molecule has 2 heteroatoms. The Morgan fingerprint density at radius 2 is 1.90 bits per heavy atom. The number of likely N-dealkylation sites (tertiary alicyclic amines) is 1. The molecular formula is C18H27NO. The second kappa shape index (κ2) is 6.94. The minimum atomic E-state index is 0.709. The lowest BCUT2D eigenvalue weighted by atomic mass is 9.98. The van der Waals surface area contributed by atoms with E-state index in [1.807, 2.05) is 0 Å². The van der Waals surface area contributed by atoms with Crippen LogP contribution in [0.1, 0.15) is 36.5 Å². The van der Waals surface area contributed by atoms with E-state index in [0.717, 1.165) is 12.4 Å². The molecule has 1 aromatic rings. The van der Waals surface area contributed by atoms with Gasteiger partial charge in [-0.05, 0) is 82.4 Å². The molecule has 0 spiro atoms. The zero-order chi connectivity index (χ0) is 14.5. The summed E-state index contributed by atoms with van der Waals surface area (Å²) in [7, 11) is 2.20. The third kappa shape index (κ3) is 3.63. The molecule has 110 valence electrons. The number of ether oxygens (including phenoxy) is 1. The van der Waals surface area contributed by atoms with Crippen LogP contribution in [0, 0.1) is 19.8 Å². The van der Waals surface area contributed by atoms with E-state index >= 15 is 0 Å². The number of rotatable bonds is 4. The minimum Gasteiger partial charge on any atom is -0.493 e. The molecule has 2 nitrogen and oxygen atoms in total. The molecule has 0 aliphatic carbocycles. The molecule has 1 heterocycles. The third-order valence-corrected chi connectivity index (χ3v) is 4.44. The Bertz CT molecular complexity index is 471. The fourth-order valence-corrected chi connectivity index (χ4v) is 2.77. The molecule has 1 aliphatic heterocycles. The summed E-state index contributed by atoms with van der Waals surface area (Å²) in [5.41, 5.74) is 3.88. The first-order valence-corrected chi connectivity index (χ1v) is 7.66. The number of nitrogens with zero attached hydrogens (tertiary/aromatic N) is 1. The maximum Gasteiger partial charge on any atom is 0.122 e. The van der Waals surface area contributed by atoms with Crippen molar-refractivity contribution in [3.8, 4) is 5.75 Å². The van der Waals surface area contributed by atoms with Crippen molar-refractivity contribution in [2.45, 2.75) is 33.6 Å². The summed E-state index contributed by atoms with van der Waals surface area (Å²) in [6.07, 6.45) is 6.75. The highest BCUT2D eigenvalue weighted by atomic mass is 16.5. The molecule has 0 atom stereocenters. The van der Waals surface area contributed by atoms with Gasteiger partial charge in [0.05, 0.1) is 6.61 Å². The Morgan fingerprint density at radius 1 is 1.20 bits per heavy atom. The molecule has 0 aromatic heterocycles. The Balaban J connectivity index is 1.98. The minimum absolute atomic E-state index is 0.709. The average molecular weight is 273 g/mol. The van der Waals surface area contributed by atoms with E-state index in [2.05, 4.69) is 57.0 Å². The van der Waals surface area contributed by atoms with Gasteiger partial charge in [0.15, 0.2) is 0 Å². The topological polar surface area (TPSA) is 12.5 Å². The Hall–Kier alpha value is -1.28. The number of piperidine rings is 1. The van der Waals surface area contributed by atoms with E-state index < -0.39 is 0 Å². The molecule has 0 amide bonds. The van der Waals surface area contributed by atoms with Gasteiger partial charge in [0.25, 0.3) is 0 Å². The molecule has 2 rings (SSSR count). The number of allylic oxidation sites excluding steroid dienone is 1. The third-order valence-electron chi connectivity index (χ3n) is 4.44. The Labute approximate surface area is 123 Å². The molecule has 1 saturated heterocycles. The van der Waals surface area contributed by atoms with Crippen LogP contribution in [-0.2, 0) is 0 Å². The molecular weight excluding hydrogens is 246 g/mol. The van der Waals surface area contributed by atoms with Gasteiger partial charge in [0.2, 0.25) is 0 Å². The van der Waals surface area contributed by atoms with Crippen LogP contribution in [0.4, 0.5) is 0 Å². The quantitative estimate of drug-likeness (QED) is 0.820. The molecule has 0 radical (unpaired) electrons. The lowest BCUT2D eigenvalue weighted by Gasteiger charge is -2.29. The van der Waals surface area contributed by atoms with Crippen molar-refractivity contribution in [1.29, 1.82) is 0 Å². The highest BCUT2D eigenvalue weighted by Gasteiger charge is 2.17. The monoisotopic (exact) mass is 273 g/mol. The second-order valence-electron chi connectivity index (χ2n) is 5.96. The Morgan fingerprint density at radius 3 is 2.55 bits per heavy atom. The van der Waals surface area contributed by atoms with Gasteiger partial charge in [-0.1, -0.05) is 18.2 Å². The van der Waals surface area contributed by atoms with Crippen molar-refractivity contribution >= 4 is 6.08 Å². The highest BCUT2D eigenvalue weighted by Crippen LogP contribution is 2.26. The standard InChI is InChI=1S/C18H27NO/c1-5-6-17-7-8-18(15(3)14(17)2)20-13-16-9-11-19(4)12-10-16/h5-8,16H,9-13H2,1-4H3. The summed E-state index contributed by atoms with van der Waals surface area (Å²) >= 11 is 0. The predicted octanol–water partition coefficient (Wildman–Crippen LogP) is 4.06. The van der Waals surface area contributed by atoms with E-state index in [9.17, 15) is 0 Å². The van der Waals surface area contributed by atoms with Crippen molar-refractivity contribution < 1.29 is 4.74 Å². The van der Waals surface area contributed by atoms with Crippen LogP contribution in [0.25, 0.3) is 6.08 Å². The molecule has 0 unspecified atom stereocenters. The summed E-state index contributed by atoms with van der Waals surface area (Å²) in [6.45, 7) is 9.65. The summed E-state index contributed by atoms with van der Waals surface area (Å²) in [4.78, 5) is 2.40. The lowest BCUT2D eigenvalue weighted by molar-refractivity contribution is 0.159. The lowest BCUT2D eigenvalue weighted by Crippen LogP contribution is -2.32. The van der Waals surface area contributed by atoms with Crippen molar-refractivity contribution in [1.82, 2.24) is 4.90 Å². The second-order valence-corrected chi connectivity index (χ2v) is 5.96. The smallest absolute Gasteiger partial charge is 0.122 e. The van der Waals surface area contributed by atoms with Gasteiger partial charge >= 0.3 is 0 Å². The molecule has 20 heavy (non-hydrogen) atoms. The molecule has 1 fully saturated rings. The van der Waals surface area contributed by atoms with Gasteiger partial charge in [-0.15, -0.1) is 0 Å². The largest absolute Gasteiger partial charge is 0.493 e. The van der Waals surface area contributed by atoms with E-state index in [4.69, 9.17) is 4.74 Å². The Kier molecular flexibility index (Phi) is 5.24. The molecule has 0 bridgehead atoms. The van der Waals surface area contributed by atoms with Crippen LogP contribution in [0.3, 0.4) is 0 Å². The van der Waals surface area contributed by atoms with Crippen LogP contribution < -0.4 is 4.74 Å². The maximum atomic E-state index is 6.08. The summed E-state index contributed by atoms with van der Waals surface area (Å²) in [6, 6.07) is 4.28. The zero-order valence-electron chi connectivity index (χ0n) is 13.3. The molecule has 0 saturated carbocycles. The molecule has 0 N–H and O–H groups in total. The van der Waals surface area contributed by atoms with Crippen LogP contribution >= 0.6 is 0 Å². The predicted molar refractivity (Wildman–Crippen MR) is 86.3 cm³/mol. The SMILES string of the molecule is CC=Cc1ccc(OCC2CCN(C)CC2)c(C)c1C. The first-order chi connectivity index (χ1) is 9.61. The van der Waals surface area contributed by atoms with Crippen molar-refractivity contribution in [2.24, 2.45) is 5.92 Å². The van der Waals surface area contributed by atoms with Gasteiger partial charge in [0, 0.05) is 0 Å². The van der Waals surface area contributed by atoms with Crippen molar-refractivity contribution in [3.05, 3.63) is 34.9 Å². The van der Waals surface area contributed by atoms with Crippen LogP contribution in [0.15, 0.2) is 18.2 Å². The van der Waals surface area contributed by atoms with Gasteiger partial charge in [-0.3, -0.25) is 0 Å². The first-order valence-electron chi connectivity index (χ1n) is 7.66. The highest BCUT2D eigenvalue weighted by molar-refractivity contribution is 5.58. The van der Waals surface area contributed by atoms with Gasteiger partial charge in [0.1, 0.15) is 5.75 Å². The zero-order valence-corrected chi connectivity index (χ0v) is 13.3. The summed E-state index contributed by atoms with van der Waals surface area (Å²) in [5.74, 6) is 1.76. The number of hydrogen-bond acceptors (Lipinski definition) is 2. The van der Waals surface area contributed by atoms with Gasteiger partial charge in [-0.2, -0.15) is 0 Å². The van der Waals surface area contributed by atoms with Crippen LogP contribution in [-0.4, -0.2) is 31.6 Å². The fraction of sp³-hybridized carbons (Fsp3) is 0.556. The van der Waals surface area contributed by atoms with Crippen molar-refractivity contribution in [3.63, 3.8) is 0 Å². The molecule has 1 aliphatic rings. The molecule has 1 aromatic carbocycles. The van der Waals surface area contributed by atoms with Gasteiger partial charge < -0.3 is 9.64 Å². The summed E-state index contributed by atoms with van der Waals surface area (Å²) < 4.78 is 6.08. The average Bonchev–Trinajstić information content (AvgIpc) is 2.45. The van der Waals surface area contributed by atoms with E-state index in [0.29, 0.717) is 5.92 Å². The normalized spacial score (nSPS) is 17.8. The van der Waals surface area contributed by atoms with Crippen LogP contribution in [0.2, 0.25) is 0 Å². The van der Waals surface area contributed by atoms with E-state index in [1.165, 1.54) is 42.6 Å².